The summed E-state index contributed by atoms with van der Waals surface area (Å²) in [5, 5.41) is 35.7. The molecule has 1 fully saturated rings. The van der Waals surface area contributed by atoms with Gasteiger partial charge in [-0.1, -0.05) is 37.2 Å². The van der Waals surface area contributed by atoms with E-state index in [-0.39, 0.29) is 36.2 Å². The van der Waals surface area contributed by atoms with Gasteiger partial charge in [0.1, 0.15) is 23.2 Å². The van der Waals surface area contributed by atoms with Crippen LogP contribution in [-0.2, 0) is 20.8 Å². The zero-order valence-electron chi connectivity index (χ0n) is 21.9. The molecule has 3 rings (SSSR count). The predicted molar refractivity (Wildman–Crippen MR) is 140 cm³/mol. The Hall–Kier alpha value is -3.33. The van der Waals surface area contributed by atoms with E-state index in [4.69, 9.17) is 9.57 Å². The number of carbonyl (C=O) groups is 2. The van der Waals surface area contributed by atoms with Crippen LogP contribution in [0.15, 0.2) is 35.5 Å². The molecule has 1 aromatic rings. The molecule has 2 aliphatic heterocycles. The van der Waals surface area contributed by atoms with Crippen molar-refractivity contribution in [1.29, 1.82) is 0 Å². The van der Waals surface area contributed by atoms with E-state index in [1.165, 1.54) is 0 Å². The molecule has 3 N–H and O–H groups in total. The van der Waals surface area contributed by atoms with Crippen LogP contribution in [0.25, 0.3) is 0 Å². The second kappa shape index (κ2) is 13.3. The second-order valence-corrected chi connectivity index (χ2v) is 9.90. The van der Waals surface area contributed by atoms with Crippen molar-refractivity contribution < 1.29 is 34.5 Å². The smallest absolute Gasteiger partial charge is 0.342 e. The van der Waals surface area contributed by atoms with Crippen molar-refractivity contribution in [2.75, 3.05) is 19.7 Å². The van der Waals surface area contributed by atoms with Gasteiger partial charge in [-0.25, -0.2) is 4.79 Å². The lowest BCUT2D eigenvalue weighted by Crippen LogP contribution is -2.37. The van der Waals surface area contributed by atoms with Crippen LogP contribution in [-0.4, -0.2) is 69.7 Å². The van der Waals surface area contributed by atoms with E-state index < -0.39 is 23.9 Å². The second-order valence-electron chi connectivity index (χ2n) is 9.90. The number of ether oxygens (including phenoxy) is 1. The van der Waals surface area contributed by atoms with Gasteiger partial charge in [-0.2, -0.15) is 0 Å². The van der Waals surface area contributed by atoms with E-state index in [1.807, 2.05) is 13.8 Å². The molecule has 2 heterocycles. The highest BCUT2D eigenvalue weighted by Crippen LogP contribution is 2.38. The van der Waals surface area contributed by atoms with E-state index in [1.54, 1.807) is 36.1 Å². The van der Waals surface area contributed by atoms with Crippen LogP contribution in [0.3, 0.4) is 0 Å². The van der Waals surface area contributed by atoms with Crippen molar-refractivity contribution >= 4 is 17.6 Å². The molecule has 202 valence electrons. The van der Waals surface area contributed by atoms with E-state index >= 15 is 0 Å². The third kappa shape index (κ3) is 7.82. The minimum absolute atomic E-state index is 0.0224. The molecule has 0 aliphatic carbocycles. The fourth-order valence-electron chi connectivity index (χ4n) is 4.63. The van der Waals surface area contributed by atoms with Gasteiger partial charge in [0.05, 0.1) is 11.8 Å². The average Bonchev–Trinajstić information content (AvgIpc) is 2.83. The minimum atomic E-state index is -0.739. The first-order valence-electron chi connectivity index (χ1n) is 12.9. The maximum Gasteiger partial charge on any atom is 0.342 e. The highest BCUT2D eigenvalue weighted by molar-refractivity contribution is 6.01. The van der Waals surface area contributed by atoms with Crippen LogP contribution >= 0.6 is 0 Å². The zero-order valence-corrected chi connectivity index (χ0v) is 21.9. The number of aliphatic hydroxyl groups is 1. The van der Waals surface area contributed by atoms with Gasteiger partial charge in [0.25, 0.3) is 5.91 Å². The molecule has 9 heteroatoms. The monoisotopic (exact) mass is 514 g/mol. The molecule has 2 atom stereocenters. The number of phenols is 2. The molecule has 1 aromatic carbocycles. The predicted octanol–water partition coefficient (Wildman–Crippen LogP) is 3.96. The van der Waals surface area contributed by atoms with E-state index in [2.05, 4.69) is 5.16 Å². The fraction of sp³-hybridized carbons (Fsp3) is 0.536. The lowest BCUT2D eigenvalue weighted by atomic mass is 9.88. The van der Waals surface area contributed by atoms with Gasteiger partial charge >= 0.3 is 5.97 Å². The first-order chi connectivity index (χ1) is 17.7. The molecule has 0 aromatic heterocycles. The maximum atomic E-state index is 13.2. The molecule has 0 unspecified atom stereocenters. The largest absolute Gasteiger partial charge is 0.508 e. The number of rotatable bonds is 4. The highest BCUT2D eigenvalue weighted by atomic mass is 16.6. The Morgan fingerprint density at radius 1 is 1.16 bits per heavy atom. The summed E-state index contributed by atoms with van der Waals surface area (Å²) in [5.74, 6) is -1.59. The van der Waals surface area contributed by atoms with Gasteiger partial charge in [0, 0.05) is 37.6 Å². The van der Waals surface area contributed by atoms with Crippen LogP contribution in [0, 0.1) is 0 Å². The number of cyclic esters (lactones) is 1. The number of esters is 1. The standard InChI is InChI=1S/C28H38N2O7/c1-18(2)26-22-15-20(29-36-17-25(34)30-13-5-4-6-14-30)10-8-12-21(31)11-7-9-19(3)37-28(35)27(22)24(33)16-23(26)32/h7-8,10-11,16,18-19,21,31-33H,4-6,9,12-15,17H2,1-3H3/b10-8+,11-7+,29-20+/t19-,21-/m1/s1. The minimum Gasteiger partial charge on any atom is -0.508 e. The summed E-state index contributed by atoms with van der Waals surface area (Å²) < 4.78 is 5.57. The Kier molecular flexibility index (Phi) is 10.1. The topological polar surface area (TPSA) is 129 Å². The van der Waals surface area contributed by atoms with Gasteiger partial charge < -0.3 is 29.8 Å². The number of aliphatic hydroxyl groups excluding tert-OH is 1. The Labute approximate surface area is 218 Å². The number of amides is 1. The number of oxime groups is 1. The zero-order chi connectivity index (χ0) is 26.9. The summed E-state index contributed by atoms with van der Waals surface area (Å²) in [6.07, 6.45) is 9.28. The number of piperidine rings is 1. The first-order valence-corrected chi connectivity index (χ1v) is 12.9. The van der Waals surface area contributed by atoms with Crippen molar-refractivity contribution in [3.63, 3.8) is 0 Å². The number of fused-ring (bicyclic) bond motifs is 1. The SMILES string of the molecule is CC(C)c1c(O)cc(O)c2c1CC(=N/OCC(=O)N1CCCCC1)/C=C/C[C@H](O)/C=C/C[C@@H](C)OC2=O. The molecule has 9 nitrogen and oxygen atoms in total. The maximum absolute atomic E-state index is 13.2. The Morgan fingerprint density at radius 3 is 2.59 bits per heavy atom. The fourth-order valence-corrected chi connectivity index (χ4v) is 4.63. The van der Waals surface area contributed by atoms with Crippen molar-refractivity contribution in [1.82, 2.24) is 4.90 Å². The summed E-state index contributed by atoms with van der Waals surface area (Å²) in [6.45, 7) is 6.64. The molecule has 1 amide bonds. The van der Waals surface area contributed by atoms with Crippen molar-refractivity contribution in [3.8, 4) is 11.5 Å². The Balaban J connectivity index is 1.99. The number of hydrogen-bond acceptors (Lipinski definition) is 8. The number of hydrogen-bond donors (Lipinski definition) is 3. The van der Waals surface area contributed by atoms with Crippen LogP contribution in [0.4, 0.5) is 0 Å². The number of allylic oxidation sites excluding steroid dienone is 1. The molecular weight excluding hydrogens is 476 g/mol. The molecule has 0 radical (unpaired) electrons. The van der Waals surface area contributed by atoms with Crippen LogP contribution in [0.1, 0.15) is 80.3 Å². The summed E-state index contributed by atoms with van der Waals surface area (Å²) in [4.78, 5) is 32.9. The third-order valence-electron chi connectivity index (χ3n) is 6.47. The van der Waals surface area contributed by atoms with Gasteiger partial charge in [-0.3, -0.25) is 4.79 Å². The first kappa shape index (κ1) is 28.2. The van der Waals surface area contributed by atoms with E-state index in [0.717, 1.165) is 25.3 Å². The summed E-state index contributed by atoms with van der Waals surface area (Å²) >= 11 is 0. The Morgan fingerprint density at radius 2 is 1.89 bits per heavy atom. The van der Waals surface area contributed by atoms with Crippen LogP contribution in [0.2, 0.25) is 0 Å². The molecule has 0 spiro atoms. The lowest BCUT2D eigenvalue weighted by Gasteiger charge is -2.26. The van der Waals surface area contributed by atoms with Crippen LogP contribution in [0.5, 0.6) is 11.5 Å². The van der Waals surface area contributed by atoms with Gasteiger partial charge in [0.15, 0.2) is 6.61 Å². The number of nitrogens with zero attached hydrogens (tertiary/aromatic N) is 2. The molecule has 0 saturated carbocycles. The van der Waals surface area contributed by atoms with E-state index in [9.17, 15) is 24.9 Å². The highest BCUT2D eigenvalue weighted by Gasteiger charge is 2.27. The molecule has 0 bridgehead atoms. The van der Waals surface area contributed by atoms with Gasteiger partial charge in [0.2, 0.25) is 0 Å². The van der Waals surface area contributed by atoms with E-state index in [0.29, 0.717) is 42.8 Å². The quantitative estimate of drug-likeness (QED) is 0.315. The summed E-state index contributed by atoms with van der Waals surface area (Å²) in [6, 6.07) is 1.15. The normalized spacial score (nSPS) is 24.2. The molecule has 37 heavy (non-hydrogen) atoms. The van der Waals surface area contributed by atoms with Crippen molar-refractivity contribution in [2.24, 2.45) is 5.16 Å². The van der Waals surface area contributed by atoms with Crippen molar-refractivity contribution in [2.45, 2.75) is 77.4 Å². The molecule has 1 saturated heterocycles. The van der Waals surface area contributed by atoms with Gasteiger partial charge in [-0.15, -0.1) is 0 Å². The Bertz CT molecular complexity index is 1060. The molecular formula is C28H38N2O7. The summed E-state index contributed by atoms with van der Waals surface area (Å²) in [7, 11) is 0. The molecule has 2 aliphatic rings. The van der Waals surface area contributed by atoms with Crippen molar-refractivity contribution in [3.05, 3.63) is 47.1 Å². The number of carbonyl (C=O) groups excluding carboxylic acids is 2. The van der Waals surface area contributed by atoms with Gasteiger partial charge in [-0.05, 0) is 50.2 Å². The number of aromatic hydroxyl groups is 2. The average molecular weight is 515 g/mol. The number of phenolic OH excluding ortho intramolecular Hbond substituents is 2. The summed E-state index contributed by atoms with van der Waals surface area (Å²) in [5.41, 5.74) is 1.16. The number of likely N-dealkylation sites (tertiary alicyclic amines) is 1. The lowest BCUT2D eigenvalue weighted by molar-refractivity contribution is -0.137. The number of benzene rings is 1. The third-order valence-corrected chi connectivity index (χ3v) is 6.47. The van der Waals surface area contributed by atoms with Crippen LogP contribution < -0.4 is 0 Å².